The van der Waals surface area contributed by atoms with Crippen LogP contribution in [-0.4, -0.2) is 58.3 Å². The Balaban J connectivity index is 1.13. The van der Waals surface area contributed by atoms with Gasteiger partial charge < -0.3 is 20.1 Å². The van der Waals surface area contributed by atoms with Gasteiger partial charge in [0.1, 0.15) is 12.6 Å². The fraction of sp³-hybridized carbons (Fsp3) is 0.444. The standard InChI is InChI=1S/C27H30N2O5S/c1-2-7-24-29(23(15-35-24)26(31)32)25(30)21-12-16(21)13-28-27(33)34-14-22-19-10-5-3-8-17(19)18-9-4-6-11-20(18)22/h3-6,8-11,16,21-24H,2,7,12-15H2,1H3,(H,28,33)(H,31,32). The van der Waals surface area contributed by atoms with Gasteiger partial charge in [-0.1, -0.05) is 61.9 Å². The molecule has 0 aromatic heterocycles. The molecule has 184 valence electrons. The van der Waals surface area contributed by atoms with Crippen molar-refractivity contribution in [1.29, 1.82) is 0 Å². The van der Waals surface area contributed by atoms with Crippen molar-refractivity contribution in [3.63, 3.8) is 0 Å². The Bertz CT molecular complexity index is 1090. The number of rotatable bonds is 8. The van der Waals surface area contributed by atoms with E-state index >= 15 is 0 Å². The van der Waals surface area contributed by atoms with Crippen molar-refractivity contribution in [2.24, 2.45) is 11.8 Å². The van der Waals surface area contributed by atoms with E-state index < -0.39 is 18.1 Å². The molecule has 1 saturated carbocycles. The largest absolute Gasteiger partial charge is 0.480 e. The fourth-order valence-corrected chi connectivity index (χ4v) is 6.87. The van der Waals surface area contributed by atoms with Crippen molar-refractivity contribution in [1.82, 2.24) is 10.2 Å². The van der Waals surface area contributed by atoms with E-state index in [4.69, 9.17) is 4.74 Å². The number of hydrogen-bond acceptors (Lipinski definition) is 5. The van der Waals surface area contributed by atoms with Gasteiger partial charge in [0.05, 0.1) is 5.37 Å². The minimum atomic E-state index is -0.946. The lowest BCUT2D eigenvalue weighted by Crippen LogP contribution is -2.46. The highest BCUT2D eigenvalue weighted by molar-refractivity contribution is 8.00. The van der Waals surface area contributed by atoms with E-state index in [1.807, 2.05) is 31.2 Å². The Morgan fingerprint density at radius 3 is 2.37 bits per heavy atom. The van der Waals surface area contributed by atoms with Gasteiger partial charge >= 0.3 is 12.1 Å². The van der Waals surface area contributed by atoms with Crippen molar-refractivity contribution in [2.75, 3.05) is 18.9 Å². The SMILES string of the molecule is CCCC1SCC(C(=O)O)N1C(=O)C1CC1CNC(=O)OCC1c2ccccc2-c2ccccc21. The number of ether oxygens (including phenoxy) is 1. The summed E-state index contributed by atoms with van der Waals surface area (Å²) < 4.78 is 5.58. The maximum Gasteiger partial charge on any atom is 0.407 e. The van der Waals surface area contributed by atoms with Crippen LogP contribution >= 0.6 is 11.8 Å². The number of aliphatic carboxylic acids is 1. The molecule has 35 heavy (non-hydrogen) atoms. The number of thioether (sulfide) groups is 1. The molecule has 2 aromatic rings. The summed E-state index contributed by atoms with van der Waals surface area (Å²) in [5.74, 6) is -0.826. The number of hydrogen-bond donors (Lipinski definition) is 2. The van der Waals surface area contributed by atoms with E-state index in [0.717, 1.165) is 24.0 Å². The van der Waals surface area contributed by atoms with Crippen LogP contribution in [0.25, 0.3) is 11.1 Å². The quantitative estimate of drug-likeness (QED) is 0.568. The first-order valence-corrected chi connectivity index (χ1v) is 13.3. The molecule has 5 rings (SSSR count). The number of nitrogens with one attached hydrogen (secondary N) is 1. The third-order valence-electron chi connectivity index (χ3n) is 7.26. The lowest BCUT2D eigenvalue weighted by Gasteiger charge is -2.27. The zero-order valence-corrected chi connectivity index (χ0v) is 20.5. The monoisotopic (exact) mass is 494 g/mol. The molecular weight excluding hydrogens is 464 g/mol. The zero-order valence-electron chi connectivity index (χ0n) is 19.7. The summed E-state index contributed by atoms with van der Waals surface area (Å²) in [6.07, 6.45) is 1.85. The Kier molecular flexibility index (Phi) is 6.73. The molecule has 4 atom stereocenters. The smallest absolute Gasteiger partial charge is 0.407 e. The second-order valence-corrected chi connectivity index (χ2v) is 10.7. The van der Waals surface area contributed by atoms with Crippen molar-refractivity contribution >= 4 is 29.7 Å². The maximum absolute atomic E-state index is 13.1. The van der Waals surface area contributed by atoms with E-state index in [9.17, 15) is 19.5 Å². The molecule has 0 radical (unpaired) electrons. The molecule has 2 fully saturated rings. The lowest BCUT2D eigenvalue weighted by atomic mass is 9.98. The first-order chi connectivity index (χ1) is 17.0. The highest BCUT2D eigenvalue weighted by atomic mass is 32.2. The molecule has 1 heterocycles. The molecular formula is C27H30N2O5S. The third kappa shape index (κ3) is 4.63. The first-order valence-electron chi connectivity index (χ1n) is 12.2. The molecule has 2 amide bonds. The lowest BCUT2D eigenvalue weighted by molar-refractivity contribution is -0.149. The van der Waals surface area contributed by atoms with Gasteiger partial charge in [0.2, 0.25) is 5.91 Å². The fourth-order valence-electron chi connectivity index (χ4n) is 5.35. The minimum Gasteiger partial charge on any atom is -0.480 e. The van der Waals surface area contributed by atoms with E-state index in [2.05, 4.69) is 29.6 Å². The van der Waals surface area contributed by atoms with Crippen LogP contribution in [-0.2, 0) is 14.3 Å². The van der Waals surface area contributed by atoms with Gasteiger partial charge in [-0.15, -0.1) is 11.8 Å². The number of alkyl carbamates (subject to hydrolysis) is 1. The molecule has 1 aliphatic heterocycles. The summed E-state index contributed by atoms with van der Waals surface area (Å²) in [5.41, 5.74) is 4.68. The van der Waals surface area contributed by atoms with Gasteiger partial charge in [-0.05, 0) is 41.0 Å². The second kappa shape index (κ2) is 9.93. The van der Waals surface area contributed by atoms with E-state index in [1.54, 1.807) is 16.7 Å². The molecule has 2 aliphatic carbocycles. The molecule has 0 spiro atoms. The van der Waals surface area contributed by atoms with Crippen molar-refractivity contribution in [2.45, 2.75) is 43.5 Å². The van der Waals surface area contributed by atoms with Crippen molar-refractivity contribution in [3.05, 3.63) is 59.7 Å². The maximum atomic E-state index is 13.1. The molecule has 8 heteroatoms. The van der Waals surface area contributed by atoms with Crippen LogP contribution in [0.4, 0.5) is 4.79 Å². The van der Waals surface area contributed by atoms with Crippen LogP contribution in [0.15, 0.2) is 48.5 Å². The number of carboxylic acids is 1. The van der Waals surface area contributed by atoms with Crippen LogP contribution < -0.4 is 5.32 Å². The number of carbonyl (C=O) groups is 3. The molecule has 2 aromatic carbocycles. The molecule has 3 aliphatic rings. The van der Waals surface area contributed by atoms with Gasteiger partial charge in [-0.25, -0.2) is 9.59 Å². The molecule has 2 N–H and O–H groups in total. The van der Waals surface area contributed by atoms with Gasteiger partial charge in [0.15, 0.2) is 0 Å². The average molecular weight is 495 g/mol. The van der Waals surface area contributed by atoms with Crippen LogP contribution in [0.5, 0.6) is 0 Å². The summed E-state index contributed by atoms with van der Waals surface area (Å²) >= 11 is 1.55. The summed E-state index contributed by atoms with van der Waals surface area (Å²) in [7, 11) is 0. The average Bonchev–Trinajstić information content (AvgIpc) is 3.41. The molecule has 1 saturated heterocycles. The number of nitrogens with zero attached hydrogens (tertiary/aromatic N) is 1. The Morgan fingerprint density at radius 1 is 1.09 bits per heavy atom. The Labute approximate surface area is 209 Å². The third-order valence-corrected chi connectivity index (χ3v) is 8.62. The van der Waals surface area contributed by atoms with E-state index in [0.29, 0.717) is 18.7 Å². The van der Waals surface area contributed by atoms with Crippen LogP contribution in [0.1, 0.15) is 43.2 Å². The van der Waals surface area contributed by atoms with E-state index in [-0.39, 0.29) is 35.6 Å². The molecule has 7 nitrogen and oxygen atoms in total. The topological polar surface area (TPSA) is 95.9 Å². The van der Waals surface area contributed by atoms with Gasteiger partial charge in [0, 0.05) is 24.1 Å². The number of benzene rings is 2. The second-order valence-electron chi connectivity index (χ2n) is 9.48. The first kappa shape index (κ1) is 23.7. The molecule has 0 bridgehead atoms. The highest BCUT2D eigenvalue weighted by Gasteiger charge is 2.50. The predicted octanol–water partition coefficient (Wildman–Crippen LogP) is 4.32. The highest BCUT2D eigenvalue weighted by Crippen LogP contribution is 2.45. The Hall–Kier alpha value is -3.00. The van der Waals surface area contributed by atoms with Crippen molar-refractivity contribution in [3.8, 4) is 11.1 Å². The summed E-state index contributed by atoms with van der Waals surface area (Å²) in [5, 5.41) is 12.3. The Morgan fingerprint density at radius 2 is 1.74 bits per heavy atom. The van der Waals surface area contributed by atoms with Gasteiger partial charge in [-0.3, -0.25) is 4.79 Å². The normalized spacial score (nSPS) is 24.5. The number of fused-ring (bicyclic) bond motifs is 3. The minimum absolute atomic E-state index is 0.000445. The van der Waals surface area contributed by atoms with E-state index in [1.165, 1.54) is 11.1 Å². The summed E-state index contributed by atoms with van der Waals surface area (Å²) in [4.78, 5) is 38.8. The number of carbonyl (C=O) groups excluding carboxylic acids is 2. The zero-order chi connectivity index (χ0) is 24.5. The summed E-state index contributed by atoms with van der Waals surface area (Å²) in [6.45, 7) is 2.64. The number of carboxylic acid groups (broad SMARTS) is 1. The van der Waals surface area contributed by atoms with Crippen LogP contribution in [0.2, 0.25) is 0 Å². The van der Waals surface area contributed by atoms with Gasteiger partial charge in [0.25, 0.3) is 0 Å². The molecule has 4 unspecified atom stereocenters. The van der Waals surface area contributed by atoms with Crippen LogP contribution in [0.3, 0.4) is 0 Å². The predicted molar refractivity (Wildman–Crippen MR) is 134 cm³/mol. The summed E-state index contributed by atoms with van der Waals surface area (Å²) in [6, 6.07) is 15.6. The van der Waals surface area contributed by atoms with Gasteiger partial charge in [-0.2, -0.15) is 0 Å². The number of amides is 2. The van der Waals surface area contributed by atoms with Crippen molar-refractivity contribution < 1.29 is 24.2 Å². The van der Waals surface area contributed by atoms with Crippen LogP contribution in [0, 0.1) is 11.8 Å².